The van der Waals surface area contributed by atoms with Crippen LogP contribution in [0, 0.1) is 6.92 Å². The molecule has 0 aliphatic heterocycles. The van der Waals surface area contributed by atoms with Gasteiger partial charge in [0.1, 0.15) is 0 Å². The Labute approximate surface area is 106 Å². The molecular weight excluding hydrogens is 232 g/mol. The number of aromatic carboxylic acids is 1. The average molecular weight is 250 g/mol. The van der Waals surface area contributed by atoms with Crippen molar-refractivity contribution in [3.05, 3.63) is 29.3 Å². The lowest BCUT2D eigenvalue weighted by Gasteiger charge is -2.08. The Morgan fingerprint density at radius 1 is 1.44 bits per heavy atom. The molecule has 0 aromatic heterocycles. The Balaban J connectivity index is 2.66. The Morgan fingerprint density at radius 2 is 2.11 bits per heavy atom. The minimum absolute atomic E-state index is 0.00753. The fourth-order valence-electron chi connectivity index (χ4n) is 1.56. The third-order valence-corrected chi connectivity index (χ3v) is 2.57. The smallest absolute Gasteiger partial charge is 0.335 e. The summed E-state index contributed by atoms with van der Waals surface area (Å²) in [4.78, 5) is 22.4. The van der Waals surface area contributed by atoms with Crippen molar-refractivity contribution in [1.29, 1.82) is 0 Å². The maximum Gasteiger partial charge on any atom is 0.335 e. The second kappa shape index (κ2) is 6.16. The molecule has 1 rings (SSSR count). The second-order valence-electron chi connectivity index (χ2n) is 4.40. The lowest BCUT2D eigenvalue weighted by molar-refractivity contribution is -0.116. The molecule has 1 amide bonds. The van der Waals surface area contributed by atoms with Crippen molar-refractivity contribution in [1.82, 2.24) is 0 Å². The first-order valence-electron chi connectivity index (χ1n) is 5.79. The highest BCUT2D eigenvalue weighted by Crippen LogP contribution is 2.15. The maximum atomic E-state index is 11.6. The fourth-order valence-corrected chi connectivity index (χ4v) is 1.56. The van der Waals surface area contributed by atoms with E-state index in [4.69, 9.17) is 10.8 Å². The van der Waals surface area contributed by atoms with Crippen molar-refractivity contribution in [2.75, 3.05) is 5.32 Å². The van der Waals surface area contributed by atoms with E-state index in [1.165, 1.54) is 6.07 Å². The quantitative estimate of drug-likeness (QED) is 0.742. The number of amides is 1. The number of benzene rings is 1. The summed E-state index contributed by atoms with van der Waals surface area (Å²) < 4.78 is 0. The van der Waals surface area contributed by atoms with Gasteiger partial charge in [0.25, 0.3) is 0 Å². The molecule has 1 aromatic carbocycles. The molecule has 0 spiro atoms. The molecule has 1 aromatic rings. The molecule has 1 unspecified atom stereocenters. The first-order valence-corrected chi connectivity index (χ1v) is 5.79. The molecule has 18 heavy (non-hydrogen) atoms. The van der Waals surface area contributed by atoms with Crippen LogP contribution in [0.1, 0.15) is 35.7 Å². The van der Waals surface area contributed by atoms with Crippen LogP contribution in [0.15, 0.2) is 18.2 Å². The van der Waals surface area contributed by atoms with E-state index in [1.807, 2.05) is 6.92 Å². The van der Waals surface area contributed by atoms with Gasteiger partial charge in [-0.05, 0) is 44.0 Å². The number of hydrogen-bond donors (Lipinski definition) is 3. The van der Waals surface area contributed by atoms with Crippen LogP contribution in [0.2, 0.25) is 0 Å². The number of carbonyl (C=O) groups is 2. The van der Waals surface area contributed by atoms with E-state index in [-0.39, 0.29) is 17.5 Å². The van der Waals surface area contributed by atoms with Crippen molar-refractivity contribution >= 4 is 17.6 Å². The Bertz CT molecular complexity index is 456. The van der Waals surface area contributed by atoms with E-state index < -0.39 is 5.97 Å². The van der Waals surface area contributed by atoms with Crippen LogP contribution >= 0.6 is 0 Å². The molecule has 5 heteroatoms. The van der Waals surface area contributed by atoms with Gasteiger partial charge in [0.2, 0.25) is 5.91 Å². The lowest BCUT2D eigenvalue weighted by atomic mass is 10.1. The summed E-state index contributed by atoms with van der Waals surface area (Å²) in [6, 6.07) is 4.71. The molecule has 0 heterocycles. The summed E-state index contributed by atoms with van der Waals surface area (Å²) in [7, 11) is 0. The monoisotopic (exact) mass is 250 g/mol. The van der Waals surface area contributed by atoms with Gasteiger partial charge >= 0.3 is 5.97 Å². The first kappa shape index (κ1) is 14.2. The van der Waals surface area contributed by atoms with Crippen molar-refractivity contribution in [3.8, 4) is 0 Å². The van der Waals surface area contributed by atoms with Crippen LogP contribution in [0.5, 0.6) is 0 Å². The number of aryl methyl sites for hydroxylation is 1. The van der Waals surface area contributed by atoms with Gasteiger partial charge in [-0.3, -0.25) is 4.79 Å². The first-order chi connectivity index (χ1) is 8.40. The molecule has 0 radical (unpaired) electrons. The fraction of sp³-hybridized carbons (Fsp3) is 0.385. The molecule has 0 bridgehead atoms. The van der Waals surface area contributed by atoms with Gasteiger partial charge in [0.05, 0.1) is 5.56 Å². The molecule has 4 N–H and O–H groups in total. The molecule has 0 aliphatic rings. The average Bonchev–Trinajstić information content (AvgIpc) is 2.26. The van der Waals surface area contributed by atoms with Crippen LogP contribution in [0.4, 0.5) is 5.69 Å². The highest BCUT2D eigenvalue weighted by molar-refractivity contribution is 5.93. The van der Waals surface area contributed by atoms with Gasteiger partial charge in [0, 0.05) is 18.2 Å². The standard InChI is InChI=1S/C13H18N2O3/c1-8-7-10(4-5-11(8)13(17)18)15-12(16)6-3-9(2)14/h4-5,7,9H,3,6,14H2,1-2H3,(H,15,16)(H,17,18). The van der Waals surface area contributed by atoms with E-state index in [0.29, 0.717) is 24.1 Å². The molecule has 98 valence electrons. The third kappa shape index (κ3) is 4.18. The van der Waals surface area contributed by atoms with E-state index in [9.17, 15) is 9.59 Å². The Morgan fingerprint density at radius 3 is 2.61 bits per heavy atom. The third-order valence-electron chi connectivity index (χ3n) is 2.57. The summed E-state index contributed by atoms with van der Waals surface area (Å²) in [5.74, 6) is -1.09. The van der Waals surface area contributed by atoms with Crippen molar-refractivity contribution in [3.63, 3.8) is 0 Å². The molecule has 0 saturated carbocycles. The molecule has 0 fully saturated rings. The summed E-state index contributed by atoms with van der Waals surface area (Å²) >= 11 is 0. The largest absolute Gasteiger partial charge is 0.478 e. The zero-order chi connectivity index (χ0) is 13.7. The lowest BCUT2D eigenvalue weighted by Crippen LogP contribution is -2.19. The van der Waals surface area contributed by atoms with E-state index in [2.05, 4.69) is 5.32 Å². The van der Waals surface area contributed by atoms with Crippen molar-refractivity contribution < 1.29 is 14.7 Å². The van der Waals surface area contributed by atoms with Gasteiger partial charge in [0.15, 0.2) is 0 Å². The van der Waals surface area contributed by atoms with Gasteiger partial charge in [-0.25, -0.2) is 4.79 Å². The van der Waals surface area contributed by atoms with Crippen LogP contribution in [0.3, 0.4) is 0 Å². The highest BCUT2D eigenvalue weighted by Gasteiger charge is 2.09. The van der Waals surface area contributed by atoms with Crippen LogP contribution < -0.4 is 11.1 Å². The van der Waals surface area contributed by atoms with Gasteiger partial charge in [-0.15, -0.1) is 0 Å². The minimum Gasteiger partial charge on any atom is -0.478 e. The number of nitrogens with one attached hydrogen (secondary N) is 1. The molecule has 5 nitrogen and oxygen atoms in total. The molecular formula is C13H18N2O3. The van der Waals surface area contributed by atoms with E-state index in [1.54, 1.807) is 19.1 Å². The molecule has 0 saturated heterocycles. The summed E-state index contributed by atoms with van der Waals surface area (Å²) in [5, 5.41) is 11.6. The predicted molar refractivity (Wildman–Crippen MR) is 69.7 cm³/mol. The van der Waals surface area contributed by atoms with Gasteiger partial charge in [-0.1, -0.05) is 0 Å². The predicted octanol–water partition coefficient (Wildman–Crippen LogP) is 1.76. The van der Waals surface area contributed by atoms with Crippen molar-refractivity contribution in [2.45, 2.75) is 32.7 Å². The Hall–Kier alpha value is -1.88. The highest BCUT2D eigenvalue weighted by atomic mass is 16.4. The SMILES string of the molecule is Cc1cc(NC(=O)CCC(C)N)ccc1C(=O)O. The summed E-state index contributed by atoms with van der Waals surface area (Å²) in [5.41, 5.74) is 7.03. The number of rotatable bonds is 5. The maximum absolute atomic E-state index is 11.6. The number of hydrogen-bond acceptors (Lipinski definition) is 3. The number of carbonyl (C=O) groups excluding carboxylic acids is 1. The number of carboxylic acids is 1. The Kier molecular flexibility index (Phi) is 4.85. The number of anilines is 1. The normalized spacial score (nSPS) is 11.9. The van der Waals surface area contributed by atoms with Crippen LogP contribution in [0.25, 0.3) is 0 Å². The van der Waals surface area contributed by atoms with E-state index in [0.717, 1.165) is 0 Å². The van der Waals surface area contributed by atoms with Gasteiger partial charge < -0.3 is 16.2 Å². The summed E-state index contributed by atoms with van der Waals surface area (Å²) in [6.07, 6.45) is 0.982. The zero-order valence-electron chi connectivity index (χ0n) is 10.6. The topological polar surface area (TPSA) is 92.4 Å². The summed E-state index contributed by atoms with van der Waals surface area (Å²) in [6.45, 7) is 3.54. The number of carboxylic acid groups (broad SMARTS) is 1. The second-order valence-corrected chi connectivity index (χ2v) is 4.40. The number of nitrogens with two attached hydrogens (primary N) is 1. The minimum atomic E-state index is -0.970. The molecule has 1 atom stereocenters. The zero-order valence-corrected chi connectivity index (χ0v) is 10.6. The molecule has 0 aliphatic carbocycles. The van der Waals surface area contributed by atoms with Crippen LogP contribution in [-0.4, -0.2) is 23.0 Å². The van der Waals surface area contributed by atoms with Crippen LogP contribution in [-0.2, 0) is 4.79 Å². The van der Waals surface area contributed by atoms with E-state index >= 15 is 0 Å². The van der Waals surface area contributed by atoms with Crippen molar-refractivity contribution in [2.24, 2.45) is 5.73 Å². The van der Waals surface area contributed by atoms with Gasteiger partial charge in [-0.2, -0.15) is 0 Å².